The molecule has 132 valence electrons. The highest BCUT2D eigenvalue weighted by atomic mass is 32.2. The zero-order valence-corrected chi connectivity index (χ0v) is 15.1. The van der Waals surface area contributed by atoms with Crippen LogP contribution in [0.15, 0.2) is 24.3 Å². The second kappa shape index (κ2) is 6.55. The van der Waals surface area contributed by atoms with Crippen LogP contribution in [0.2, 0.25) is 0 Å². The Kier molecular flexibility index (Phi) is 5.03. The molecule has 6 nitrogen and oxygen atoms in total. The number of carbonyl (C=O) groups is 2. The molecule has 0 aromatic heterocycles. The van der Waals surface area contributed by atoms with Crippen LogP contribution in [0.1, 0.15) is 30.9 Å². The van der Waals surface area contributed by atoms with Crippen molar-refractivity contribution in [2.24, 2.45) is 5.41 Å². The van der Waals surface area contributed by atoms with Gasteiger partial charge >= 0.3 is 11.9 Å². The smallest absolute Gasteiger partial charge is 0.325 e. The average Bonchev–Trinajstić information content (AvgIpc) is 3.20. The predicted octanol–water partition coefficient (Wildman–Crippen LogP) is 1.62. The van der Waals surface area contributed by atoms with Crippen LogP contribution in [-0.4, -0.2) is 45.1 Å². The number of hydrogen-bond donors (Lipinski definition) is 0. The number of rotatable bonds is 6. The highest BCUT2D eigenvalue weighted by Crippen LogP contribution is 2.64. The van der Waals surface area contributed by atoms with Gasteiger partial charge in [-0.1, -0.05) is 29.8 Å². The fourth-order valence-corrected chi connectivity index (χ4v) is 5.03. The first-order chi connectivity index (χ1) is 11.2. The third kappa shape index (κ3) is 2.92. The molecule has 1 aliphatic carbocycles. The molecule has 0 N–H and O–H groups in total. The fraction of sp³-hybridized carbons (Fsp3) is 0.529. The first kappa shape index (κ1) is 18.4. The fourth-order valence-electron chi connectivity index (χ4n) is 3.22. The summed E-state index contributed by atoms with van der Waals surface area (Å²) in [5, 5.41) is -1.18. The third-order valence-electron chi connectivity index (χ3n) is 4.26. The van der Waals surface area contributed by atoms with Gasteiger partial charge in [-0.05, 0) is 26.3 Å². The molecule has 24 heavy (non-hydrogen) atoms. The molecule has 0 radical (unpaired) electrons. The summed E-state index contributed by atoms with van der Waals surface area (Å²) < 4.78 is 34.6. The van der Waals surface area contributed by atoms with Gasteiger partial charge in [0.05, 0.1) is 18.5 Å². The molecular weight excluding hydrogens is 332 g/mol. The topological polar surface area (TPSA) is 86.7 Å². The van der Waals surface area contributed by atoms with E-state index in [0.717, 1.165) is 11.8 Å². The molecule has 0 saturated heterocycles. The zero-order valence-electron chi connectivity index (χ0n) is 14.2. The second-order valence-corrected chi connectivity index (χ2v) is 8.12. The van der Waals surface area contributed by atoms with Gasteiger partial charge in [0.2, 0.25) is 0 Å². The highest BCUT2D eigenvalue weighted by molar-refractivity contribution is 7.91. The lowest BCUT2D eigenvalue weighted by molar-refractivity contribution is -0.164. The van der Waals surface area contributed by atoms with Crippen molar-refractivity contribution in [3.8, 4) is 0 Å². The lowest BCUT2D eigenvalue weighted by Gasteiger charge is -2.15. The second-order valence-electron chi connectivity index (χ2n) is 5.95. The van der Waals surface area contributed by atoms with Crippen molar-refractivity contribution in [3.63, 3.8) is 0 Å². The Bertz CT molecular complexity index is 717. The molecule has 0 amide bonds. The number of aryl methyl sites for hydroxylation is 1. The Morgan fingerprint density at radius 1 is 1.04 bits per heavy atom. The lowest BCUT2D eigenvalue weighted by Crippen LogP contribution is -2.35. The third-order valence-corrected chi connectivity index (χ3v) is 5.82. The summed E-state index contributed by atoms with van der Waals surface area (Å²) in [6.07, 6.45) is 1.03. The van der Waals surface area contributed by atoms with Gasteiger partial charge in [-0.3, -0.25) is 9.59 Å². The summed E-state index contributed by atoms with van der Waals surface area (Å²) in [6.45, 7) is 5.22. The van der Waals surface area contributed by atoms with Gasteiger partial charge < -0.3 is 9.47 Å². The molecule has 0 aliphatic heterocycles. The number of benzene rings is 1. The van der Waals surface area contributed by atoms with Gasteiger partial charge in [0.25, 0.3) is 0 Å². The molecule has 2 atom stereocenters. The van der Waals surface area contributed by atoms with Gasteiger partial charge in [0, 0.05) is 12.2 Å². The van der Waals surface area contributed by atoms with E-state index in [1.165, 1.54) is 0 Å². The minimum Gasteiger partial charge on any atom is -0.465 e. The van der Waals surface area contributed by atoms with E-state index in [2.05, 4.69) is 0 Å². The van der Waals surface area contributed by atoms with E-state index in [1.54, 1.807) is 26.0 Å². The minimum absolute atomic E-state index is 0.0527. The number of ether oxygens (including phenoxy) is 2. The maximum atomic E-state index is 12.6. The van der Waals surface area contributed by atoms with Crippen molar-refractivity contribution < 1.29 is 27.5 Å². The SMILES string of the molecule is CCOC(=O)C1(C(=O)OCC)[C@H](c2ccc(C)cc2)[C@@H]1S(C)(=O)=O. The quantitative estimate of drug-likeness (QED) is 0.570. The highest BCUT2D eigenvalue weighted by Gasteiger charge is 2.80. The molecule has 1 aliphatic rings. The van der Waals surface area contributed by atoms with E-state index in [-0.39, 0.29) is 13.2 Å². The first-order valence-corrected chi connectivity index (χ1v) is 9.76. The Hall–Kier alpha value is -1.89. The molecule has 1 saturated carbocycles. The van der Waals surface area contributed by atoms with Crippen molar-refractivity contribution in [2.75, 3.05) is 19.5 Å². The van der Waals surface area contributed by atoms with Crippen molar-refractivity contribution >= 4 is 21.8 Å². The van der Waals surface area contributed by atoms with E-state index in [4.69, 9.17) is 9.47 Å². The number of sulfone groups is 1. The van der Waals surface area contributed by atoms with Gasteiger partial charge in [-0.2, -0.15) is 0 Å². The van der Waals surface area contributed by atoms with Crippen LogP contribution in [-0.2, 0) is 28.9 Å². The summed E-state index contributed by atoms with van der Waals surface area (Å²) in [6, 6.07) is 7.10. The summed E-state index contributed by atoms with van der Waals surface area (Å²) >= 11 is 0. The summed E-state index contributed by atoms with van der Waals surface area (Å²) in [4.78, 5) is 25.1. The van der Waals surface area contributed by atoms with Crippen LogP contribution in [0.25, 0.3) is 0 Å². The Morgan fingerprint density at radius 3 is 1.88 bits per heavy atom. The molecule has 0 bridgehead atoms. The maximum absolute atomic E-state index is 12.6. The van der Waals surface area contributed by atoms with E-state index in [1.807, 2.05) is 19.1 Å². The van der Waals surface area contributed by atoms with Gasteiger partial charge in [-0.25, -0.2) is 8.42 Å². The van der Waals surface area contributed by atoms with Crippen molar-refractivity contribution in [1.82, 2.24) is 0 Å². The molecule has 1 aromatic carbocycles. The van der Waals surface area contributed by atoms with Crippen molar-refractivity contribution in [1.29, 1.82) is 0 Å². The first-order valence-electron chi connectivity index (χ1n) is 7.81. The monoisotopic (exact) mass is 354 g/mol. The van der Waals surface area contributed by atoms with Crippen molar-refractivity contribution in [3.05, 3.63) is 35.4 Å². The van der Waals surface area contributed by atoms with E-state index in [0.29, 0.717) is 5.56 Å². The van der Waals surface area contributed by atoms with E-state index < -0.39 is 38.4 Å². The van der Waals surface area contributed by atoms with Crippen molar-refractivity contribution in [2.45, 2.75) is 31.9 Å². The molecule has 7 heteroatoms. The molecule has 0 spiro atoms. The summed E-state index contributed by atoms with van der Waals surface area (Å²) in [5.41, 5.74) is -0.222. The van der Waals surface area contributed by atoms with Gasteiger partial charge in [0.1, 0.15) is 0 Å². The molecule has 0 unspecified atom stereocenters. The van der Waals surface area contributed by atoms with Crippen LogP contribution >= 0.6 is 0 Å². The molecule has 1 fully saturated rings. The Labute approximate surface area is 142 Å². The zero-order chi connectivity index (χ0) is 18.1. The van der Waals surface area contributed by atoms with Crippen LogP contribution in [0.3, 0.4) is 0 Å². The Morgan fingerprint density at radius 2 is 1.50 bits per heavy atom. The number of carbonyl (C=O) groups excluding carboxylic acids is 2. The number of hydrogen-bond acceptors (Lipinski definition) is 6. The molecule has 0 heterocycles. The standard InChI is InChI=1S/C17H22O6S/c1-5-22-15(18)17(16(19)23-6-2)13(14(17)24(4,20)21)12-9-7-11(3)8-10-12/h7-10,13-14H,5-6H2,1-4H3/t13-,14+/m1/s1. The van der Waals surface area contributed by atoms with Crippen LogP contribution in [0.5, 0.6) is 0 Å². The van der Waals surface area contributed by atoms with Crippen LogP contribution in [0.4, 0.5) is 0 Å². The van der Waals surface area contributed by atoms with Crippen LogP contribution < -0.4 is 0 Å². The predicted molar refractivity (Wildman–Crippen MR) is 88.3 cm³/mol. The average molecular weight is 354 g/mol. The maximum Gasteiger partial charge on any atom is 0.325 e. The molecular formula is C17H22O6S. The summed E-state index contributed by atoms with van der Waals surface area (Å²) in [7, 11) is -3.67. The summed E-state index contributed by atoms with van der Waals surface area (Å²) in [5.74, 6) is -2.49. The van der Waals surface area contributed by atoms with E-state index in [9.17, 15) is 18.0 Å². The largest absolute Gasteiger partial charge is 0.465 e. The van der Waals surface area contributed by atoms with Gasteiger partial charge in [0.15, 0.2) is 15.3 Å². The molecule has 2 rings (SSSR count). The van der Waals surface area contributed by atoms with Gasteiger partial charge in [-0.15, -0.1) is 0 Å². The van der Waals surface area contributed by atoms with E-state index >= 15 is 0 Å². The molecule has 1 aromatic rings. The lowest BCUT2D eigenvalue weighted by atomic mass is 9.98. The minimum atomic E-state index is -3.67. The Balaban J connectivity index is 2.58. The number of esters is 2. The van der Waals surface area contributed by atoms with Crippen LogP contribution in [0, 0.1) is 12.3 Å². The normalized spacial score (nSPS) is 21.8.